The van der Waals surface area contributed by atoms with Crippen LogP contribution in [-0.4, -0.2) is 41.0 Å². The Morgan fingerprint density at radius 1 is 1.04 bits per heavy atom. The highest BCUT2D eigenvalue weighted by molar-refractivity contribution is 7.88. The van der Waals surface area contributed by atoms with Crippen LogP contribution < -0.4 is 14.8 Å². The van der Waals surface area contributed by atoms with Crippen LogP contribution in [0.25, 0.3) is 0 Å². The zero-order valence-electron chi connectivity index (χ0n) is 16.3. The number of nitrogens with one attached hydrogen (secondary N) is 2. The Bertz CT molecular complexity index is 826. The molecule has 0 saturated heterocycles. The first-order valence-corrected chi connectivity index (χ1v) is 10.8. The Morgan fingerprint density at radius 2 is 1.68 bits per heavy atom. The molecule has 154 valence electrons. The number of benzene rings is 2. The molecule has 2 N–H and O–H groups in total. The van der Waals surface area contributed by atoms with Crippen molar-refractivity contribution in [3.05, 3.63) is 65.5 Å². The smallest absolute Gasteiger partial charge is 0.209 e. The molecule has 2 rings (SSSR count). The van der Waals surface area contributed by atoms with Crippen LogP contribution in [0.5, 0.6) is 5.75 Å². The fourth-order valence-electron chi connectivity index (χ4n) is 2.67. The Labute approximate surface area is 166 Å². The van der Waals surface area contributed by atoms with Gasteiger partial charge in [0.15, 0.2) is 0 Å². The van der Waals surface area contributed by atoms with Gasteiger partial charge in [-0.3, -0.25) is 0 Å². The topological polar surface area (TPSA) is 76.7 Å². The van der Waals surface area contributed by atoms with E-state index in [-0.39, 0.29) is 17.9 Å². The maximum absolute atomic E-state index is 13.0. The lowest BCUT2D eigenvalue weighted by Crippen LogP contribution is -2.38. The molecule has 28 heavy (non-hydrogen) atoms. The summed E-state index contributed by atoms with van der Waals surface area (Å²) in [5, 5.41) is 3.37. The van der Waals surface area contributed by atoms with Gasteiger partial charge in [0.25, 0.3) is 0 Å². The predicted octanol–water partition coefficient (Wildman–Crippen LogP) is 2.62. The minimum Gasteiger partial charge on any atom is -0.492 e. The van der Waals surface area contributed by atoms with Gasteiger partial charge in [-0.2, -0.15) is 0 Å². The average molecular weight is 411 g/mol. The van der Waals surface area contributed by atoms with E-state index in [0.717, 1.165) is 17.4 Å². The van der Waals surface area contributed by atoms with E-state index >= 15 is 0 Å². The molecule has 2 aromatic carbocycles. The van der Waals surface area contributed by atoms with Gasteiger partial charge >= 0.3 is 0 Å². The fourth-order valence-corrected chi connectivity index (χ4v) is 3.45. The van der Waals surface area contributed by atoms with E-state index < -0.39 is 10.0 Å². The molecule has 1 unspecified atom stereocenters. The van der Waals surface area contributed by atoms with Crippen LogP contribution in [0.1, 0.15) is 24.1 Å². The van der Waals surface area contributed by atoms with Crippen molar-refractivity contribution in [3.63, 3.8) is 0 Å². The summed E-state index contributed by atoms with van der Waals surface area (Å²) >= 11 is 0. The van der Waals surface area contributed by atoms with Crippen LogP contribution in [-0.2, 0) is 21.3 Å². The van der Waals surface area contributed by atoms with E-state index in [9.17, 15) is 12.8 Å². The summed E-state index contributed by atoms with van der Waals surface area (Å²) in [7, 11) is -1.63. The zero-order valence-corrected chi connectivity index (χ0v) is 17.1. The third kappa shape index (κ3) is 7.93. The lowest BCUT2D eigenvalue weighted by molar-refractivity contribution is 0.135. The predicted molar refractivity (Wildman–Crippen MR) is 107 cm³/mol. The Balaban J connectivity index is 1.87. The maximum Gasteiger partial charge on any atom is 0.209 e. The van der Waals surface area contributed by atoms with Crippen LogP contribution in [0.15, 0.2) is 48.5 Å². The number of sulfonamides is 1. The molecule has 0 aliphatic carbocycles. The van der Waals surface area contributed by atoms with Crippen LogP contribution in [0.4, 0.5) is 4.39 Å². The number of halogens is 1. The molecule has 2 atom stereocenters. The maximum atomic E-state index is 13.0. The van der Waals surface area contributed by atoms with Gasteiger partial charge < -0.3 is 14.8 Å². The van der Waals surface area contributed by atoms with Crippen molar-refractivity contribution in [3.8, 4) is 5.75 Å². The molecular weight excluding hydrogens is 383 g/mol. The first-order valence-electron chi connectivity index (χ1n) is 8.93. The van der Waals surface area contributed by atoms with Crippen molar-refractivity contribution in [2.24, 2.45) is 0 Å². The molecule has 8 heteroatoms. The highest BCUT2D eigenvalue weighted by atomic mass is 32.2. The van der Waals surface area contributed by atoms with Crippen LogP contribution in [0.2, 0.25) is 0 Å². The van der Waals surface area contributed by atoms with E-state index in [4.69, 9.17) is 9.47 Å². The molecule has 0 fully saturated rings. The monoisotopic (exact) mass is 410 g/mol. The molecule has 0 saturated carbocycles. The minimum absolute atomic E-state index is 0.0412. The number of hydrogen-bond acceptors (Lipinski definition) is 5. The molecule has 0 aliphatic rings. The number of ether oxygens (including phenoxy) is 2. The number of rotatable bonds is 11. The molecule has 0 radical (unpaired) electrons. The van der Waals surface area contributed by atoms with Crippen molar-refractivity contribution < 1.29 is 22.3 Å². The third-order valence-electron chi connectivity index (χ3n) is 4.10. The number of hydrogen-bond donors (Lipinski definition) is 2. The van der Waals surface area contributed by atoms with E-state index in [1.165, 1.54) is 12.1 Å². The molecule has 0 aromatic heterocycles. The van der Waals surface area contributed by atoms with E-state index in [2.05, 4.69) is 10.0 Å². The zero-order chi connectivity index (χ0) is 20.6. The summed E-state index contributed by atoms with van der Waals surface area (Å²) in [4.78, 5) is 0. The normalized spacial score (nSPS) is 13.9. The summed E-state index contributed by atoms with van der Waals surface area (Å²) in [5.41, 5.74) is 1.94. The Hall–Kier alpha value is -2.00. The largest absolute Gasteiger partial charge is 0.492 e. The van der Waals surface area contributed by atoms with Gasteiger partial charge in [-0.25, -0.2) is 17.5 Å². The summed E-state index contributed by atoms with van der Waals surface area (Å²) < 4.78 is 49.1. The Morgan fingerprint density at radius 3 is 2.25 bits per heavy atom. The van der Waals surface area contributed by atoms with Gasteiger partial charge in [-0.05, 0) is 42.3 Å². The van der Waals surface area contributed by atoms with Crippen molar-refractivity contribution in [1.82, 2.24) is 10.0 Å². The second kappa shape index (κ2) is 10.5. The van der Waals surface area contributed by atoms with Crippen molar-refractivity contribution in [2.45, 2.75) is 25.6 Å². The minimum atomic E-state index is -3.25. The summed E-state index contributed by atoms with van der Waals surface area (Å²) in [5.74, 6) is 0.296. The highest BCUT2D eigenvalue weighted by Crippen LogP contribution is 2.15. The highest BCUT2D eigenvalue weighted by Gasteiger charge is 2.12. The third-order valence-corrected chi connectivity index (χ3v) is 4.88. The fraction of sp³-hybridized carbons (Fsp3) is 0.400. The van der Waals surface area contributed by atoms with Crippen molar-refractivity contribution >= 4 is 10.0 Å². The van der Waals surface area contributed by atoms with Gasteiger partial charge in [-0.1, -0.05) is 24.3 Å². The molecular formula is C20H27FN2O4S. The Kier molecular flexibility index (Phi) is 8.37. The lowest BCUT2D eigenvalue weighted by atomic mass is 10.1. The molecule has 0 heterocycles. The van der Waals surface area contributed by atoms with Crippen LogP contribution >= 0.6 is 0 Å². The van der Waals surface area contributed by atoms with E-state index in [1.807, 2.05) is 24.3 Å². The summed E-state index contributed by atoms with van der Waals surface area (Å²) in [6.45, 7) is 3.26. The lowest BCUT2D eigenvalue weighted by Gasteiger charge is -2.19. The van der Waals surface area contributed by atoms with Gasteiger partial charge in [-0.15, -0.1) is 0 Å². The van der Waals surface area contributed by atoms with E-state index in [1.54, 1.807) is 26.2 Å². The number of methoxy groups -OCH3 is 1. The van der Waals surface area contributed by atoms with Crippen LogP contribution in [0, 0.1) is 5.82 Å². The van der Waals surface area contributed by atoms with Gasteiger partial charge in [0.1, 0.15) is 18.2 Å². The van der Waals surface area contributed by atoms with Gasteiger partial charge in [0.2, 0.25) is 10.0 Å². The molecule has 0 bridgehead atoms. The van der Waals surface area contributed by atoms with Gasteiger partial charge in [0.05, 0.1) is 18.9 Å². The second-order valence-electron chi connectivity index (χ2n) is 6.65. The first kappa shape index (κ1) is 22.3. The first-order chi connectivity index (χ1) is 13.3. The molecule has 0 amide bonds. The average Bonchev–Trinajstić information content (AvgIpc) is 2.64. The molecule has 0 aliphatic heterocycles. The second-order valence-corrected chi connectivity index (χ2v) is 8.43. The van der Waals surface area contributed by atoms with E-state index in [0.29, 0.717) is 25.5 Å². The summed E-state index contributed by atoms with van der Waals surface area (Å²) in [6.07, 6.45) is 1.14. The molecule has 0 spiro atoms. The van der Waals surface area contributed by atoms with Crippen molar-refractivity contribution in [1.29, 1.82) is 0 Å². The molecule has 6 nitrogen and oxygen atoms in total. The molecule has 2 aromatic rings. The SMILES string of the molecule is COCC(COc1ccc(F)cc1)NCc1ccc([C@@H](C)NS(C)(=O)=O)cc1. The van der Waals surface area contributed by atoms with Gasteiger partial charge in [0, 0.05) is 19.7 Å². The van der Waals surface area contributed by atoms with Crippen LogP contribution in [0.3, 0.4) is 0 Å². The quantitative estimate of drug-likeness (QED) is 0.596. The van der Waals surface area contributed by atoms with Crippen molar-refractivity contribution in [2.75, 3.05) is 26.6 Å². The summed E-state index contributed by atoms with van der Waals surface area (Å²) in [6, 6.07) is 13.3. The standard InChI is InChI=1S/C20H27FN2O4S/c1-15(23-28(3,24)25)17-6-4-16(5-7-17)12-22-19(13-26-2)14-27-20-10-8-18(21)9-11-20/h4-11,15,19,22-23H,12-14H2,1-3H3/t15-,19?/m1/s1.